The quantitative estimate of drug-likeness (QED) is 0.738. The molecule has 0 bridgehead atoms. The smallest absolute Gasteiger partial charge is 0.285 e. The minimum atomic E-state index is -3.57. The van der Waals surface area contributed by atoms with Crippen LogP contribution >= 0.6 is 0 Å². The van der Waals surface area contributed by atoms with Gasteiger partial charge in [-0.25, -0.2) is 8.42 Å². The van der Waals surface area contributed by atoms with Crippen molar-refractivity contribution < 1.29 is 22.8 Å². The number of amides is 1. The second kappa shape index (κ2) is 8.94. The van der Waals surface area contributed by atoms with Gasteiger partial charge in [0.1, 0.15) is 5.75 Å². The Kier molecular flexibility index (Phi) is 6.56. The first-order valence-electron chi connectivity index (χ1n) is 9.59. The number of carbonyl (C=O) groups is 1. The van der Waals surface area contributed by atoms with E-state index in [9.17, 15) is 13.2 Å². The fourth-order valence-corrected chi connectivity index (χ4v) is 5.10. The number of ether oxygens (including phenoxy) is 1. The maximum atomic E-state index is 13.0. The van der Waals surface area contributed by atoms with Gasteiger partial charge in [0.2, 0.25) is 10.0 Å². The van der Waals surface area contributed by atoms with E-state index in [-0.39, 0.29) is 16.8 Å². The van der Waals surface area contributed by atoms with Gasteiger partial charge in [0.15, 0.2) is 6.04 Å². The molecule has 2 aromatic rings. The van der Waals surface area contributed by atoms with Crippen LogP contribution in [-0.4, -0.2) is 70.9 Å². The summed E-state index contributed by atoms with van der Waals surface area (Å²) in [7, 11) is 1.48. The molecule has 1 N–H and O–H groups in total. The van der Waals surface area contributed by atoms with Gasteiger partial charge in [-0.2, -0.15) is 4.31 Å². The average molecular weight is 419 g/mol. The summed E-state index contributed by atoms with van der Waals surface area (Å²) in [6.07, 6.45) is 0. The largest absolute Gasteiger partial charge is 0.497 e. The summed E-state index contributed by atoms with van der Waals surface area (Å²) in [5, 5.41) is 0. The molecule has 1 heterocycles. The third-order valence-electron chi connectivity index (χ3n) is 5.29. The number of piperazine rings is 1. The number of benzene rings is 2. The Morgan fingerprint density at radius 1 is 1.03 bits per heavy atom. The summed E-state index contributed by atoms with van der Waals surface area (Å²) < 4.78 is 32.6. The summed E-state index contributed by atoms with van der Waals surface area (Å²) in [5.41, 5.74) is 0.952. The fourth-order valence-electron chi connectivity index (χ4n) is 3.66. The summed E-state index contributed by atoms with van der Waals surface area (Å²) in [4.78, 5) is 15.8. The summed E-state index contributed by atoms with van der Waals surface area (Å²) >= 11 is 0. The molecule has 0 unspecified atom stereocenters. The highest BCUT2D eigenvalue weighted by atomic mass is 32.2. The normalized spacial score (nSPS) is 16.9. The van der Waals surface area contributed by atoms with Crippen LogP contribution in [0.4, 0.5) is 0 Å². The lowest BCUT2D eigenvalue weighted by molar-refractivity contribution is -0.925. The Morgan fingerprint density at radius 2 is 1.62 bits per heavy atom. The molecule has 0 saturated carbocycles. The van der Waals surface area contributed by atoms with Crippen LogP contribution in [0, 0.1) is 0 Å². The first-order valence-corrected chi connectivity index (χ1v) is 11.0. The number of rotatable bonds is 6. The second-order valence-electron chi connectivity index (χ2n) is 7.31. The summed E-state index contributed by atoms with van der Waals surface area (Å²) in [6.45, 7) is 1.87. The maximum Gasteiger partial charge on any atom is 0.285 e. The average Bonchev–Trinajstić information content (AvgIpc) is 2.75. The lowest BCUT2D eigenvalue weighted by Gasteiger charge is -2.36. The zero-order valence-electron chi connectivity index (χ0n) is 17.0. The van der Waals surface area contributed by atoms with Crippen molar-refractivity contribution in [2.24, 2.45) is 0 Å². The SMILES string of the molecule is COc1ccc(S(=O)(=O)N2CC[NH+]([C@@H](C(=O)N(C)C)c3ccccc3)CC2)cc1. The van der Waals surface area contributed by atoms with Gasteiger partial charge in [0.25, 0.3) is 5.91 Å². The van der Waals surface area contributed by atoms with E-state index in [0.717, 1.165) is 10.5 Å². The van der Waals surface area contributed by atoms with Crippen molar-refractivity contribution in [2.75, 3.05) is 47.4 Å². The molecule has 1 amide bonds. The highest BCUT2D eigenvalue weighted by Crippen LogP contribution is 2.20. The standard InChI is InChI=1S/C21H27N3O4S/c1-22(2)21(25)20(17-7-5-4-6-8-17)23-13-15-24(16-14-23)29(26,27)19-11-9-18(28-3)10-12-19/h4-12,20H,13-16H2,1-3H3/p+1/t20-/m1/s1. The number of likely N-dealkylation sites (N-methyl/N-ethyl adjacent to an activating group) is 1. The van der Waals surface area contributed by atoms with E-state index >= 15 is 0 Å². The van der Waals surface area contributed by atoms with Crippen molar-refractivity contribution in [1.29, 1.82) is 0 Å². The minimum Gasteiger partial charge on any atom is -0.497 e. The van der Waals surface area contributed by atoms with Gasteiger partial charge in [0.05, 0.1) is 38.2 Å². The Balaban J connectivity index is 1.76. The molecule has 3 rings (SSSR count). The van der Waals surface area contributed by atoms with Gasteiger partial charge >= 0.3 is 0 Å². The second-order valence-corrected chi connectivity index (χ2v) is 9.25. The van der Waals surface area contributed by atoms with Crippen LogP contribution in [0.3, 0.4) is 0 Å². The Morgan fingerprint density at radius 3 is 2.14 bits per heavy atom. The number of hydrogen-bond acceptors (Lipinski definition) is 4. The van der Waals surface area contributed by atoms with Crippen LogP contribution < -0.4 is 9.64 Å². The first-order chi connectivity index (χ1) is 13.8. The van der Waals surface area contributed by atoms with Gasteiger partial charge < -0.3 is 14.5 Å². The molecular formula is C21H28N3O4S+. The zero-order chi connectivity index (χ0) is 21.0. The molecule has 0 aliphatic carbocycles. The Labute approximate surface area is 172 Å². The minimum absolute atomic E-state index is 0.0256. The molecule has 1 aliphatic rings. The number of carbonyl (C=O) groups excluding carboxylic acids is 1. The molecule has 0 spiro atoms. The van der Waals surface area contributed by atoms with E-state index in [1.54, 1.807) is 50.4 Å². The van der Waals surface area contributed by atoms with E-state index in [0.29, 0.717) is 31.9 Å². The molecule has 0 radical (unpaired) electrons. The van der Waals surface area contributed by atoms with E-state index in [4.69, 9.17) is 4.74 Å². The van der Waals surface area contributed by atoms with Crippen LogP contribution in [0.25, 0.3) is 0 Å². The van der Waals surface area contributed by atoms with Gasteiger partial charge in [-0.1, -0.05) is 30.3 Å². The molecular weight excluding hydrogens is 390 g/mol. The molecule has 1 aliphatic heterocycles. The van der Waals surface area contributed by atoms with Gasteiger partial charge in [-0.15, -0.1) is 0 Å². The number of quaternary nitrogens is 1. The van der Waals surface area contributed by atoms with Crippen LogP contribution in [-0.2, 0) is 14.8 Å². The Hall–Kier alpha value is -2.42. The molecule has 0 aromatic heterocycles. The van der Waals surface area contributed by atoms with Crippen molar-refractivity contribution in [3.05, 3.63) is 60.2 Å². The number of hydrogen-bond donors (Lipinski definition) is 1. The summed E-state index contributed by atoms with van der Waals surface area (Å²) in [5.74, 6) is 0.642. The molecule has 1 fully saturated rings. The van der Waals surface area contributed by atoms with Crippen LogP contribution in [0.1, 0.15) is 11.6 Å². The monoisotopic (exact) mass is 418 g/mol. The van der Waals surface area contributed by atoms with Crippen LogP contribution in [0.15, 0.2) is 59.5 Å². The molecule has 2 aromatic carbocycles. The van der Waals surface area contributed by atoms with Crippen LogP contribution in [0.5, 0.6) is 5.75 Å². The van der Waals surface area contributed by atoms with Crippen molar-refractivity contribution in [1.82, 2.24) is 9.21 Å². The highest BCUT2D eigenvalue weighted by Gasteiger charge is 2.38. The van der Waals surface area contributed by atoms with Crippen molar-refractivity contribution in [3.63, 3.8) is 0 Å². The molecule has 29 heavy (non-hydrogen) atoms. The number of sulfonamides is 1. The van der Waals surface area contributed by atoms with E-state index in [1.807, 2.05) is 30.3 Å². The fraction of sp³-hybridized carbons (Fsp3) is 0.381. The first kappa shape index (κ1) is 21.3. The number of methoxy groups -OCH3 is 1. The van der Waals surface area contributed by atoms with Crippen molar-refractivity contribution in [3.8, 4) is 5.75 Å². The summed E-state index contributed by atoms with van der Waals surface area (Å²) in [6, 6.07) is 15.8. The van der Waals surface area contributed by atoms with Gasteiger partial charge in [0, 0.05) is 19.7 Å². The van der Waals surface area contributed by atoms with Gasteiger partial charge in [-0.3, -0.25) is 4.79 Å². The maximum absolute atomic E-state index is 13.0. The van der Waals surface area contributed by atoms with Crippen molar-refractivity contribution >= 4 is 15.9 Å². The molecule has 156 valence electrons. The predicted molar refractivity (Wildman–Crippen MR) is 110 cm³/mol. The third-order valence-corrected chi connectivity index (χ3v) is 7.20. The molecule has 7 nitrogen and oxygen atoms in total. The predicted octanol–water partition coefficient (Wildman–Crippen LogP) is 0.414. The number of nitrogens with one attached hydrogen (secondary N) is 1. The topological polar surface area (TPSA) is 71.4 Å². The van der Waals surface area contributed by atoms with Gasteiger partial charge in [-0.05, 0) is 24.3 Å². The number of nitrogens with zero attached hydrogens (tertiary/aromatic N) is 2. The Bertz CT molecular complexity index is 922. The zero-order valence-corrected chi connectivity index (χ0v) is 17.9. The highest BCUT2D eigenvalue weighted by molar-refractivity contribution is 7.89. The van der Waals surface area contributed by atoms with E-state index < -0.39 is 10.0 Å². The molecule has 1 atom stereocenters. The molecule has 8 heteroatoms. The third kappa shape index (κ3) is 4.60. The van der Waals surface area contributed by atoms with E-state index in [1.165, 1.54) is 4.31 Å². The van der Waals surface area contributed by atoms with E-state index in [2.05, 4.69) is 0 Å². The van der Waals surface area contributed by atoms with Crippen LogP contribution in [0.2, 0.25) is 0 Å². The molecule has 1 saturated heterocycles. The lowest BCUT2D eigenvalue weighted by Crippen LogP contribution is -3.16. The lowest BCUT2D eigenvalue weighted by atomic mass is 10.0. The van der Waals surface area contributed by atoms with Crippen molar-refractivity contribution in [2.45, 2.75) is 10.9 Å².